The highest BCUT2D eigenvalue weighted by Crippen LogP contribution is 2.29. The summed E-state index contributed by atoms with van der Waals surface area (Å²) >= 11 is 0. The number of Topliss-reactive ketones (excluding diaryl/α,β-unsaturated/α-hetero) is 1. The van der Waals surface area contributed by atoms with E-state index in [2.05, 4.69) is 17.1 Å². The van der Waals surface area contributed by atoms with Crippen molar-refractivity contribution >= 4 is 5.78 Å². The Morgan fingerprint density at radius 2 is 2.11 bits per heavy atom. The second-order valence-electron chi connectivity index (χ2n) is 4.97. The summed E-state index contributed by atoms with van der Waals surface area (Å²) in [4.78, 5) is 16.2. The van der Waals surface area contributed by atoms with Crippen molar-refractivity contribution in [3.8, 4) is 11.1 Å². The zero-order valence-corrected chi connectivity index (χ0v) is 10.7. The van der Waals surface area contributed by atoms with Gasteiger partial charge in [-0.15, -0.1) is 0 Å². The highest BCUT2D eigenvalue weighted by molar-refractivity contribution is 5.89. The summed E-state index contributed by atoms with van der Waals surface area (Å²) in [5.41, 5.74) is 10.4. The maximum atomic E-state index is 12.0. The summed E-state index contributed by atoms with van der Waals surface area (Å²) in [5, 5.41) is 0. The first-order valence-corrected chi connectivity index (χ1v) is 6.55. The molecule has 0 aliphatic heterocycles. The number of pyridine rings is 1. The number of fused-ring (bicyclic) bond motifs is 1. The molecule has 1 aliphatic rings. The third kappa shape index (κ3) is 2.29. The first-order chi connectivity index (χ1) is 9.25. The summed E-state index contributed by atoms with van der Waals surface area (Å²) in [6.45, 7) is 0. The highest BCUT2D eigenvalue weighted by atomic mass is 16.1. The smallest absolute Gasteiger partial charge is 0.153 e. The number of benzene rings is 1. The van der Waals surface area contributed by atoms with E-state index < -0.39 is 0 Å². The molecule has 0 saturated carbocycles. The molecule has 0 bridgehead atoms. The van der Waals surface area contributed by atoms with E-state index in [1.54, 1.807) is 6.20 Å². The van der Waals surface area contributed by atoms with Gasteiger partial charge in [-0.3, -0.25) is 9.78 Å². The minimum atomic E-state index is -0.325. The Labute approximate surface area is 112 Å². The number of rotatable bonds is 1. The molecule has 1 aromatic heterocycles. The molecule has 3 heteroatoms. The number of aromatic nitrogens is 1. The molecule has 2 aromatic rings. The monoisotopic (exact) mass is 252 g/mol. The number of aryl methyl sites for hydroxylation is 1. The molecular formula is C16H16N2O. The summed E-state index contributed by atoms with van der Waals surface area (Å²) in [7, 11) is 0. The van der Waals surface area contributed by atoms with Gasteiger partial charge in [-0.2, -0.15) is 0 Å². The van der Waals surface area contributed by atoms with Crippen molar-refractivity contribution < 1.29 is 4.79 Å². The molecule has 0 fully saturated rings. The fraction of sp³-hybridized carbons (Fsp3) is 0.250. The minimum absolute atomic E-state index is 0.134. The van der Waals surface area contributed by atoms with Gasteiger partial charge in [0.05, 0.1) is 6.04 Å². The Hall–Kier alpha value is -2.00. The van der Waals surface area contributed by atoms with Gasteiger partial charge in [-0.1, -0.05) is 24.3 Å². The number of nitrogens with zero attached hydrogens (tertiary/aromatic N) is 1. The second kappa shape index (κ2) is 4.94. The van der Waals surface area contributed by atoms with Crippen molar-refractivity contribution in [1.82, 2.24) is 4.98 Å². The quantitative estimate of drug-likeness (QED) is 0.791. The van der Waals surface area contributed by atoms with Crippen LogP contribution in [-0.4, -0.2) is 16.8 Å². The van der Waals surface area contributed by atoms with Crippen molar-refractivity contribution in [2.24, 2.45) is 5.73 Å². The highest BCUT2D eigenvalue weighted by Gasteiger charge is 2.22. The molecule has 1 unspecified atom stereocenters. The summed E-state index contributed by atoms with van der Waals surface area (Å²) < 4.78 is 0. The lowest BCUT2D eigenvalue weighted by molar-refractivity contribution is -0.119. The molecule has 3 rings (SSSR count). The molecule has 3 nitrogen and oxygen atoms in total. The fourth-order valence-electron chi connectivity index (χ4n) is 2.65. The first kappa shape index (κ1) is 12.1. The number of hydrogen-bond acceptors (Lipinski definition) is 3. The number of ketones is 1. The molecule has 0 spiro atoms. The standard InChI is InChI=1S/C16H16N2O/c17-15-7-6-11-3-1-5-13(14(11)9-16(15)19)12-4-2-8-18-10-12/h1-5,8,10,15H,6-7,9,17H2. The lowest BCUT2D eigenvalue weighted by Crippen LogP contribution is -2.30. The van der Waals surface area contributed by atoms with Gasteiger partial charge < -0.3 is 5.73 Å². The summed E-state index contributed by atoms with van der Waals surface area (Å²) in [5.74, 6) is 0.134. The second-order valence-corrected chi connectivity index (χ2v) is 4.97. The Bertz CT molecular complexity index is 607. The van der Waals surface area contributed by atoms with Gasteiger partial charge in [0, 0.05) is 24.4 Å². The average molecular weight is 252 g/mol. The van der Waals surface area contributed by atoms with Gasteiger partial charge in [0.2, 0.25) is 0 Å². The lowest BCUT2D eigenvalue weighted by Gasteiger charge is -2.11. The summed E-state index contributed by atoms with van der Waals surface area (Å²) in [6, 6.07) is 9.81. The van der Waals surface area contributed by atoms with Gasteiger partial charge in [-0.25, -0.2) is 0 Å². The van der Waals surface area contributed by atoms with E-state index in [0.29, 0.717) is 6.42 Å². The predicted octanol–water partition coefficient (Wildman–Crippen LogP) is 2.13. The van der Waals surface area contributed by atoms with Crippen LogP contribution < -0.4 is 5.73 Å². The van der Waals surface area contributed by atoms with Crippen LogP contribution in [0, 0.1) is 0 Å². The van der Waals surface area contributed by atoms with Crippen molar-refractivity contribution in [2.75, 3.05) is 0 Å². The van der Waals surface area contributed by atoms with Crippen LogP contribution in [-0.2, 0) is 17.6 Å². The van der Waals surface area contributed by atoms with Crippen molar-refractivity contribution in [2.45, 2.75) is 25.3 Å². The van der Waals surface area contributed by atoms with Crippen molar-refractivity contribution in [3.63, 3.8) is 0 Å². The Morgan fingerprint density at radius 3 is 2.89 bits per heavy atom. The number of nitrogens with two attached hydrogens (primary N) is 1. The van der Waals surface area contributed by atoms with Gasteiger partial charge in [-0.05, 0) is 35.6 Å². The maximum Gasteiger partial charge on any atom is 0.153 e. The molecule has 0 radical (unpaired) electrons. The first-order valence-electron chi connectivity index (χ1n) is 6.55. The van der Waals surface area contributed by atoms with Gasteiger partial charge in [0.15, 0.2) is 5.78 Å². The van der Waals surface area contributed by atoms with Crippen molar-refractivity contribution in [3.05, 3.63) is 53.9 Å². The molecule has 0 saturated heterocycles. The molecule has 19 heavy (non-hydrogen) atoms. The van der Waals surface area contributed by atoms with Crippen LogP contribution in [0.15, 0.2) is 42.7 Å². The zero-order chi connectivity index (χ0) is 13.2. The van der Waals surface area contributed by atoms with Crippen LogP contribution >= 0.6 is 0 Å². The number of carbonyl (C=O) groups excluding carboxylic acids is 1. The van der Waals surface area contributed by atoms with E-state index in [4.69, 9.17) is 5.73 Å². The van der Waals surface area contributed by atoms with Crippen LogP contribution in [0.5, 0.6) is 0 Å². The van der Waals surface area contributed by atoms with Crippen LogP contribution in [0.3, 0.4) is 0 Å². The maximum absolute atomic E-state index is 12.0. The van der Waals surface area contributed by atoms with Crippen LogP contribution in [0.4, 0.5) is 0 Å². The Kier molecular flexibility index (Phi) is 3.13. The van der Waals surface area contributed by atoms with E-state index in [1.807, 2.05) is 24.4 Å². The third-order valence-electron chi connectivity index (χ3n) is 3.73. The normalized spacial score (nSPS) is 18.8. The van der Waals surface area contributed by atoms with E-state index in [9.17, 15) is 4.79 Å². The van der Waals surface area contributed by atoms with E-state index >= 15 is 0 Å². The van der Waals surface area contributed by atoms with Gasteiger partial charge in [0.25, 0.3) is 0 Å². The molecule has 0 amide bonds. The molecule has 1 atom stereocenters. The SMILES string of the molecule is NC1CCc2cccc(-c3cccnc3)c2CC1=O. The van der Waals surface area contributed by atoms with Crippen LogP contribution in [0.1, 0.15) is 17.5 Å². The van der Waals surface area contributed by atoms with E-state index in [-0.39, 0.29) is 11.8 Å². The topological polar surface area (TPSA) is 56.0 Å². The third-order valence-corrected chi connectivity index (χ3v) is 3.73. The van der Waals surface area contributed by atoms with Crippen LogP contribution in [0.25, 0.3) is 11.1 Å². The van der Waals surface area contributed by atoms with Crippen LogP contribution in [0.2, 0.25) is 0 Å². The zero-order valence-electron chi connectivity index (χ0n) is 10.7. The van der Waals surface area contributed by atoms with Crippen molar-refractivity contribution in [1.29, 1.82) is 0 Å². The fourth-order valence-corrected chi connectivity index (χ4v) is 2.65. The molecule has 1 aromatic carbocycles. The van der Waals surface area contributed by atoms with E-state index in [1.165, 1.54) is 5.56 Å². The predicted molar refractivity (Wildman–Crippen MR) is 74.7 cm³/mol. The molecule has 1 aliphatic carbocycles. The Morgan fingerprint density at radius 1 is 1.21 bits per heavy atom. The number of hydrogen-bond donors (Lipinski definition) is 1. The molecular weight excluding hydrogens is 236 g/mol. The van der Waals surface area contributed by atoms with Gasteiger partial charge in [0.1, 0.15) is 0 Å². The minimum Gasteiger partial charge on any atom is -0.321 e. The van der Waals surface area contributed by atoms with E-state index in [0.717, 1.165) is 29.5 Å². The molecule has 2 N–H and O–H groups in total. The van der Waals surface area contributed by atoms with Gasteiger partial charge >= 0.3 is 0 Å². The Balaban J connectivity index is 2.12. The molecule has 96 valence electrons. The average Bonchev–Trinajstić information content (AvgIpc) is 2.60. The summed E-state index contributed by atoms with van der Waals surface area (Å²) in [6.07, 6.45) is 5.64. The lowest BCUT2D eigenvalue weighted by atomic mass is 9.93. The largest absolute Gasteiger partial charge is 0.321 e. The number of carbonyl (C=O) groups is 1. The molecule has 1 heterocycles.